The average molecular weight is 275 g/mol. The third-order valence-corrected chi connectivity index (χ3v) is 3.76. The Morgan fingerprint density at radius 3 is 3.15 bits per heavy atom. The van der Waals surface area contributed by atoms with Crippen LogP contribution in [0.1, 0.15) is 22.7 Å². The zero-order valence-corrected chi connectivity index (χ0v) is 11.3. The highest BCUT2D eigenvalue weighted by Gasteiger charge is 2.23. The van der Waals surface area contributed by atoms with Crippen LogP contribution < -0.4 is 10.1 Å². The number of methoxy groups -OCH3 is 1. The highest BCUT2D eigenvalue weighted by Crippen LogP contribution is 2.26. The smallest absolute Gasteiger partial charge is 0.356 e. The number of carboxylic acids is 1. The lowest BCUT2D eigenvalue weighted by atomic mass is 10.0. The van der Waals surface area contributed by atoms with E-state index in [1.807, 2.05) is 16.7 Å². The van der Waals surface area contributed by atoms with E-state index in [-0.39, 0.29) is 5.69 Å². The Hall–Kier alpha value is -2.08. The van der Waals surface area contributed by atoms with Gasteiger partial charge in [0, 0.05) is 12.6 Å². The SMILES string of the molecule is COc1cccn2c(CC3CCNC3)nc(C(=O)O)c12. The second kappa shape index (κ2) is 5.13. The summed E-state index contributed by atoms with van der Waals surface area (Å²) in [5, 5.41) is 12.6. The molecular weight excluding hydrogens is 258 g/mol. The molecule has 6 heteroatoms. The van der Waals surface area contributed by atoms with Gasteiger partial charge in [0.15, 0.2) is 5.69 Å². The fourth-order valence-electron chi connectivity index (χ4n) is 2.78. The quantitative estimate of drug-likeness (QED) is 0.876. The predicted molar refractivity (Wildman–Crippen MR) is 73.4 cm³/mol. The van der Waals surface area contributed by atoms with Crippen molar-refractivity contribution in [2.75, 3.05) is 20.2 Å². The van der Waals surface area contributed by atoms with E-state index in [0.717, 1.165) is 31.8 Å². The second-order valence-corrected chi connectivity index (χ2v) is 5.04. The van der Waals surface area contributed by atoms with Crippen LogP contribution in [0.4, 0.5) is 0 Å². The number of carboxylic acid groups (broad SMARTS) is 1. The minimum absolute atomic E-state index is 0.0587. The van der Waals surface area contributed by atoms with Crippen LogP contribution in [0.3, 0.4) is 0 Å². The van der Waals surface area contributed by atoms with Crippen LogP contribution in [-0.4, -0.2) is 40.7 Å². The number of hydrogen-bond donors (Lipinski definition) is 2. The van der Waals surface area contributed by atoms with Crippen LogP contribution in [0.25, 0.3) is 5.52 Å². The third-order valence-electron chi connectivity index (χ3n) is 3.76. The number of aromatic nitrogens is 2. The topological polar surface area (TPSA) is 75.9 Å². The monoisotopic (exact) mass is 275 g/mol. The maximum Gasteiger partial charge on any atom is 0.356 e. The molecule has 1 fully saturated rings. The van der Waals surface area contributed by atoms with Crippen molar-refractivity contribution in [3.63, 3.8) is 0 Å². The molecule has 1 saturated heterocycles. The lowest BCUT2D eigenvalue weighted by Gasteiger charge is -2.08. The molecule has 1 aliphatic rings. The predicted octanol–water partition coefficient (Wildman–Crippen LogP) is 1.19. The van der Waals surface area contributed by atoms with E-state index in [0.29, 0.717) is 17.2 Å². The van der Waals surface area contributed by atoms with E-state index in [1.165, 1.54) is 7.11 Å². The van der Waals surface area contributed by atoms with Crippen LogP contribution >= 0.6 is 0 Å². The molecule has 1 unspecified atom stereocenters. The number of nitrogens with one attached hydrogen (secondary N) is 1. The van der Waals surface area contributed by atoms with Gasteiger partial charge in [-0.05, 0) is 37.6 Å². The molecule has 2 aromatic heterocycles. The van der Waals surface area contributed by atoms with Gasteiger partial charge < -0.3 is 15.2 Å². The number of hydrogen-bond acceptors (Lipinski definition) is 4. The Labute approximate surface area is 116 Å². The first-order valence-corrected chi connectivity index (χ1v) is 6.68. The van der Waals surface area contributed by atoms with Gasteiger partial charge >= 0.3 is 5.97 Å². The summed E-state index contributed by atoms with van der Waals surface area (Å²) in [6, 6.07) is 3.60. The summed E-state index contributed by atoms with van der Waals surface area (Å²) in [5.74, 6) is 0.800. The van der Waals surface area contributed by atoms with E-state index in [1.54, 1.807) is 6.07 Å². The number of fused-ring (bicyclic) bond motifs is 1. The van der Waals surface area contributed by atoms with E-state index in [9.17, 15) is 9.90 Å². The second-order valence-electron chi connectivity index (χ2n) is 5.04. The first kappa shape index (κ1) is 12.9. The summed E-state index contributed by atoms with van der Waals surface area (Å²) in [6.07, 6.45) is 3.71. The Balaban J connectivity index is 2.10. The van der Waals surface area contributed by atoms with Gasteiger partial charge in [-0.25, -0.2) is 9.78 Å². The Kier molecular flexibility index (Phi) is 3.31. The van der Waals surface area contributed by atoms with Gasteiger partial charge in [0.2, 0.25) is 0 Å². The van der Waals surface area contributed by atoms with Gasteiger partial charge in [-0.1, -0.05) is 0 Å². The van der Waals surface area contributed by atoms with E-state index < -0.39 is 5.97 Å². The molecule has 2 aromatic rings. The normalized spacial score (nSPS) is 18.6. The molecule has 1 aliphatic heterocycles. The molecule has 0 aliphatic carbocycles. The minimum Gasteiger partial charge on any atom is -0.494 e. The van der Waals surface area contributed by atoms with Crippen molar-refractivity contribution >= 4 is 11.5 Å². The molecule has 1 atom stereocenters. The minimum atomic E-state index is -1.03. The lowest BCUT2D eigenvalue weighted by molar-refractivity contribution is 0.0693. The standard InChI is InChI=1S/C14H17N3O3/c1-20-10-3-2-6-17-11(7-9-4-5-15-8-9)16-12(13(10)17)14(18)19/h2-3,6,9,15H,4-5,7-8H2,1H3,(H,18,19). The molecule has 20 heavy (non-hydrogen) atoms. The van der Waals surface area contributed by atoms with Crippen LogP contribution in [0.5, 0.6) is 5.75 Å². The van der Waals surface area contributed by atoms with Crippen molar-refractivity contribution in [1.29, 1.82) is 0 Å². The average Bonchev–Trinajstić information content (AvgIpc) is 3.07. The van der Waals surface area contributed by atoms with Crippen molar-refractivity contribution in [2.24, 2.45) is 5.92 Å². The van der Waals surface area contributed by atoms with Crippen molar-refractivity contribution in [3.8, 4) is 5.75 Å². The largest absolute Gasteiger partial charge is 0.494 e. The molecule has 0 spiro atoms. The Morgan fingerprint density at radius 2 is 2.50 bits per heavy atom. The number of rotatable bonds is 4. The molecular formula is C14H17N3O3. The van der Waals surface area contributed by atoms with E-state index in [4.69, 9.17) is 4.74 Å². The van der Waals surface area contributed by atoms with E-state index in [2.05, 4.69) is 10.3 Å². The number of ether oxygens (including phenoxy) is 1. The summed E-state index contributed by atoms with van der Waals surface area (Å²) in [6.45, 7) is 1.98. The first-order chi connectivity index (χ1) is 9.70. The van der Waals surface area contributed by atoms with Crippen LogP contribution in [0.2, 0.25) is 0 Å². The van der Waals surface area contributed by atoms with Crippen molar-refractivity contribution in [3.05, 3.63) is 29.8 Å². The number of aromatic carboxylic acids is 1. The maximum atomic E-state index is 11.4. The highest BCUT2D eigenvalue weighted by molar-refractivity contribution is 5.95. The van der Waals surface area contributed by atoms with Crippen LogP contribution in [0, 0.1) is 5.92 Å². The van der Waals surface area contributed by atoms with Gasteiger partial charge in [0.25, 0.3) is 0 Å². The lowest BCUT2D eigenvalue weighted by Crippen LogP contribution is -2.12. The zero-order chi connectivity index (χ0) is 14.1. The van der Waals surface area contributed by atoms with Gasteiger partial charge in [-0.15, -0.1) is 0 Å². The zero-order valence-electron chi connectivity index (χ0n) is 11.3. The Morgan fingerprint density at radius 1 is 1.65 bits per heavy atom. The van der Waals surface area contributed by atoms with Crippen LogP contribution in [-0.2, 0) is 6.42 Å². The van der Waals surface area contributed by atoms with E-state index >= 15 is 0 Å². The number of pyridine rings is 1. The summed E-state index contributed by atoms with van der Waals surface area (Å²) in [4.78, 5) is 15.7. The van der Waals surface area contributed by atoms with Crippen molar-refractivity contribution in [1.82, 2.24) is 14.7 Å². The molecule has 0 aromatic carbocycles. The molecule has 3 heterocycles. The van der Waals surface area contributed by atoms with Gasteiger partial charge in [-0.2, -0.15) is 0 Å². The molecule has 0 bridgehead atoms. The molecule has 2 N–H and O–H groups in total. The Bertz CT molecular complexity index is 644. The molecule has 3 rings (SSSR count). The number of carbonyl (C=O) groups is 1. The summed E-state index contributed by atoms with van der Waals surface area (Å²) < 4.78 is 7.10. The molecule has 106 valence electrons. The first-order valence-electron chi connectivity index (χ1n) is 6.68. The van der Waals surface area contributed by atoms with Gasteiger partial charge in [-0.3, -0.25) is 4.40 Å². The summed E-state index contributed by atoms with van der Waals surface area (Å²) in [5.41, 5.74) is 0.590. The maximum absolute atomic E-state index is 11.4. The summed E-state index contributed by atoms with van der Waals surface area (Å²) >= 11 is 0. The van der Waals surface area contributed by atoms with Gasteiger partial charge in [0.05, 0.1) is 7.11 Å². The third kappa shape index (κ3) is 2.12. The van der Waals surface area contributed by atoms with Crippen molar-refractivity contribution in [2.45, 2.75) is 12.8 Å². The fourth-order valence-corrected chi connectivity index (χ4v) is 2.78. The molecule has 0 radical (unpaired) electrons. The highest BCUT2D eigenvalue weighted by atomic mass is 16.5. The molecule has 0 amide bonds. The van der Waals surface area contributed by atoms with Gasteiger partial charge in [0.1, 0.15) is 17.1 Å². The van der Waals surface area contributed by atoms with Crippen LogP contribution in [0.15, 0.2) is 18.3 Å². The fraction of sp³-hybridized carbons (Fsp3) is 0.429. The number of imidazole rings is 1. The number of nitrogens with zero attached hydrogens (tertiary/aromatic N) is 2. The molecule has 0 saturated carbocycles. The van der Waals surface area contributed by atoms with Crippen molar-refractivity contribution < 1.29 is 14.6 Å². The molecule has 6 nitrogen and oxygen atoms in total. The summed E-state index contributed by atoms with van der Waals surface area (Å²) in [7, 11) is 1.54.